The minimum absolute atomic E-state index is 0.0632. The number of rotatable bonds is 8. The minimum Gasteiger partial charge on any atom is -0.343 e. The third-order valence-corrected chi connectivity index (χ3v) is 7.71. The zero-order chi connectivity index (χ0) is 23.2. The second-order valence-corrected chi connectivity index (χ2v) is 10.1. The van der Waals surface area contributed by atoms with Crippen LogP contribution in [0.1, 0.15) is 41.4 Å². The summed E-state index contributed by atoms with van der Waals surface area (Å²) < 4.78 is 0. The van der Waals surface area contributed by atoms with Crippen LogP contribution in [0.4, 0.5) is 0 Å². The number of thiophene rings is 1. The molecule has 4 nitrogen and oxygen atoms in total. The summed E-state index contributed by atoms with van der Waals surface area (Å²) in [5, 5.41) is 6.51. The van der Waals surface area contributed by atoms with Gasteiger partial charge in [0.05, 0.1) is 11.2 Å². The van der Waals surface area contributed by atoms with E-state index in [1.165, 1.54) is 5.56 Å². The average Bonchev–Trinajstić information content (AvgIpc) is 3.43. The molecular formula is C29H31N3OS. The molecule has 0 spiro atoms. The van der Waals surface area contributed by atoms with Gasteiger partial charge in [-0.25, -0.2) is 0 Å². The Labute approximate surface area is 205 Å². The number of aromatic nitrogens is 1. The molecule has 1 aliphatic heterocycles. The molecule has 3 heterocycles. The number of fused-ring (bicyclic) bond motifs is 1. The molecule has 0 saturated carbocycles. The Bertz CT molecular complexity index is 1200. The summed E-state index contributed by atoms with van der Waals surface area (Å²) in [7, 11) is 0. The Morgan fingerprint density at radius 3 is 2.56 bits per heavy atom. The summed E-state index contributed by atoms with van der Waals surface area (Å²) in [6, 6.07) is 26.9. The number of nitrogens with zero attached hydrogens (tertiary/aromatic N) is 2. The van der Waals surface area contributed by atoms with E-state index in [0.29, 0.717) is 0 Å². The fraction of sp³-hybridized carbons (Fsp3) is 0.310. The van der Waals surface area contributed by atoms with Crippen molar-refractivity contribution in [3.63, 3.8) is 0 Å². The maximum absolute atomic E-state index is 13.3. The first-order valence-electron chi connectivity index (χ1n) is 12.2. The molecule has 1 atom stereocenters. The molecule has 1 saturated heterocycles. The monoisotopic (exact) mass is 469 g/mol. The molecule has 5 heteroatoms. The Morgan fingerprint density at radius 2 is 1.76 bits per heavy atom. The third-order valence-electron chi connectivity index (χ3n) is 6.77. The molecule has 5 rings (SSSR count). The van der Waals surface area contributed by atoms with E-state index in [1.54, 1.807) is 11.3 Å². The van der Waals surface area contributed by atoms with E-state index in [2.05, 4.69) is 64.1 Å². The summed E-state index contributed by atoms with van der Waals surface area (Å²) in [4.78, 5) is 21.8. The number of hydrogen-bond acceptors (Lipinski definition) is 4. The van der Waals surface area contributed by atoms with Crippen LogP contribution in [0.2, 0.25) is 0 Å². The van der Waals surface area contributed by atoms with Gasteiger partial charge in [-0.3, -0.25) is 9.78 Å². The molecular weight excluding hydrogens is 438 g/mol. The summed E-state index contributed by atoms with van der Waals surface area (Å²) in [5.74, 6) is 0.214. The van der Waals surface area contributed by atoms with Gasteiger partial charge in [-0.2, -0.15) is 0 Å². The highest BCUT2D eigenvalue weighted by atomic mass is 32.1. The van der Waals surface area contributed by atoms with Gasteiger partial charge in [-0.05, 0) is 74.5 Å². The second-order valence-electron chi connectivity index (χ2n) is 9.09. The van der Waals surface area contributed by atoms with Gasteiger partial charge < -0.3 is 10.2 Å². The van der Waals surface area contributed by atoms with Gasteiger partial charge in [0.25, 0.3) is 0 Å². The van der Waals surface area contributed by atoms with Crippen LogP contribution in [0.5, 0.6) is 0 Å². The summed E-state index contributed by atoms with van der Waals surface area (Å²) in [5.41, 5.74) is 3.26. The van der Waals surface area contributed by atoms with Gasteiger partial charge in [0.15, 0.2) is 0 Å². The first-order valence-corrected chi connectivity index (χ1v) is 13.1. The number of pyridine rings is 1. The lowest BCUT2D eigenvalue weighted by Gasteiger charge is -2.32. The number of carbonyl (C=O) groups excluding carboxylic acids is 1. The van der Waals surface area contributed by atoms with E-state index in [9.17, 15) is 4.79 Å². The minimum atomic E-state index is -0.207. The molecule has 1 unspecified atom stereocenters. The summed E-state index contributed by atoms with van der Waals surface area (Å²) in [6.07, 6.45) is 4.11. The Kier molecular flexibility index (Phi) is 7.32. The van der Waals surface area contributed by atoms with Crippen LogP contribution in [-0.2, 0) is 11.2 Å². The predicted molar refractivity (Wildman–Crippen MR) is 140 cm³/mol. The van der Waals surface area contributed by atoms with Crippen molar-refractivity contribution >= 4 is 28.1 Å². The molecule has 1 N–H and O–H groups in total. The highest BCUT2D eigenvalue weighted by molar-refractivity contribution is 7.10. The van der Waals surface area contributed by atoms with Crippen LogP contribution in [0.15, 0.2) is 84.2 Å². The highest BCUT2D eigenvalue weighted by Gasteiger charge is 2.28. The highest BCUT2D eigenvalue weighted by Crippen LogP contribution is 2.28. The largest absolute Gasteiger partial charge is 0.343 e. The average molecular weight is 470 g/mol. The third kappa shape index (κ3) is 5.54. The topological polar surface area (TPSA) is 45.2 Å². The van der Waals surface area contributed by atoms with Crippen molar-refractivity contribution in [1.82, 2.24) is 15.2 Å². The molecule has 4 aromatic rings. The van der Waals surface area contributed by atoms with Crippen molar-refractivity contribution in [2.75, 3.05) is 19.6 Å². The molecule has 1 amide bonds. The van der Waals surface area contributed by atoms with E-state index in [4.69, 9.17) is 4.98 Å². The lowest BCUT2D eigenvalue weighted by atomic mass is 9.95. The van der Waals surface area contributed by atoms with E-state index in [1.807, 2.05) is 30.3 Å². The number of aryl methyl sites for hydroxylation is 1. The SMILES string of the molecule is O=C(NC(c1ccc2ccccc2n1)c1cccs1)C1CCN(CCCc2ccccc2)CC1. The van der Waals surface area contributed by atoms with Crippen molar-refractivity contribution in [1.29, 1.82) is 0 Å². The Morgan fingerprint density at radius 1 is 0.971 bits per heavy atom. The van der Waals surface area contributed by atoms with E-state index >= 15 is 0 Å². The molecule has 2 aromatic carbocycles. The molecule has 0 radical (unpaired) electrons. The quantitative estimate of drug-likeness (QED) is 0.352. The van der Waals surface area contributed by atoms with Gasteiger partial charge in [-0.15, -0.1) is 11.3 Å². The number of benzene rings is 2. The lowest BCUT2D eigenvalue weighted by molar-refractivity contribution is -0.127. The number of amides is 1. The number of carbonyl (C=O) groups is 1. The molecule has 174 valence electrons. The molecule has 0 aliphatic carbocycles. The van der Waals surface area contributed by atoms with Gasteiger partial charge in [-0.1, -0.05) is 60.7 Å². The molecule has 1 aliphatic rings. The summed E-state index contributed by atoms with van der Waals surface area (Å²) in [6.45, 7) is 3.08. The first-order chi connectivity index (χ1) is 16.8. The Hall–Kier alpha value is -3.02. The zero-order valence-corrected chi connectivity index (χ0v) is 20.2. The van der Waals surface area contributed by atoms with Crippen molar-refractivity contribution < 1.29 is 4.79 Å². The fourth-order valence-corrected chi connectivity index (χ4v) is 5.61. The van der Waals surface area contributed by atoms with Crippen LogP contribution in [0, 0.1) is 5.92 Å². The van der Waals surface area contributed by atoms with E-state index in [0.717, 1.165) is 66.8 Å². The van der Waals surface area contributed by atoms with Crippen LogP contribution in [0.3, 0.4) is 0 Å². The van der Waals surface area contributed by atoms with Crippen LogP contribution in [0.25, 0.3) is 10.9 Å². The number of likely N-dealkylation sites (tertiary alicyclic amines) is 1. The number of para-hydroxylation sites is 1. The molecule has 2 aromatic heterocycles. The zero-order valence-electron chi connectivity index (χ0n) is 19.4. The smallest absolute Gasteiger partial charge is 0.224 e. The van der Waals surface area contributed by atoms with Gasteiger partial charge in [0, 0.05) is 16.2 Å². The van der Waals surface area contributed by atoms with Crippen molar-refractivity contribution in [2.45, 2.75) is 31.7 Å². The number of nitrogens with one attached hydrogen (secondary N) is 1. The van der Waals surface area contributed by atoms with Crippen molar-refractivity contribution in [3.05, 3.63) is 100 Å². The maximum atomic E-state index is 13.3. The summed E-state index contributed by atoms with van der Waals surface area (Å²) >= 11 is 1.66. The van der Waals surface area contributed by atoms with Crippen molar-refractivity contribution in [2.24, 2.45) is 5.92 Å². The van der Waals surface area contributed by atoms with Gasteiger partial charge >= 0.3 is 0 Å². The predicted octanol–water partition coefficient (Wildman–Crippen LogP) is 5.85. The maximum Gasteiger partial charge on any atom is 0.224 e. The van der Waals surface area contributed by atoms with E-state index in [-0.39, 0.29) is 17.9 Å². The van der Waals surface area contributed by atoms with Gasteiger partial charge in [0.1, 0.15) is 6.04 Å². The second kappa shape index (κ2) is 10.9. The molecule has 0 bridgehead atoms. The number of piperidine rings is 1. The lowest BCUT2D eigenvalue weighted by Crippen LogP contribution is -2.42. The van der Waals surface area contributed by atoms with Crippen LogP contribution in [-0.4, -0.2) is 35.4 Å². The number of hydrogen-bond donors (Lipinski definition) is 1. The van der Waals surface area contributed by atoms with Crippen LogP contribution >= 0.6 is 11.3 Å². The Balaban J connectivity index is 1.19. The van der Waals surface area contributed by atoms with Gasteiger partial charge in [0.2, 0.25) is 5.91 Å². The fourth-order valence-electron chi connectivity index (χ4n) is 4.82. The van der Waals surface area contributed by atoms with Crippen LogP contribution < -0.4 is 5.32 Å². The first kappa shape index (κ1) is 22.8. The molecule has 34 heavy (non-hydrogen) atoms. The van der Waals surface area contributed by atoms with Crippen molar-refractivity contribution in [3.8, 4) is 0 Å². The standard InChI is InChI=1S/C29H31N3OS/c33-29(24-16-19-32(20-17-24)18-6-10-22-8-2-1-3-9-22)31-28(27-13-7-21-34-27)26-15-14-23-11-4-5-12-25(23)30-26/h1-5,7-9,11-15,21,24,28H,6,10,16-20H2,(H,31,33). The van der Waals surface area contributed by atoms with E-state index < -0.39 is 0 Å². The molecule has 1 fully saturated rings. The normalized spacial score (nSPS) is 15.9.